The van der Waals surface area contributed by atoms with Crippen LogP contribution in [0.5, 0.6) is 0 Å². The lowest BCUT2D eigenvalue weighted by Gasteiger charge is -2.15. The highest BCUT2D eigenvalue weighted by Gasteiger charge is 2.26. The van der Waals surface area contributed by atoms with Crippen LogP contribution >= 0.6 is 0 Å². The van der Waals surface area contributed by atoms with Gasteiger partial charge in [0.15, 0.2) is 11.6 Å². The number of amides is 1. The minimum Gasteiger partial charge on any atom is -0.346 e. The van der Waals surface area contributed by atoms with Gasteiger partial charge >= 0.3 is 5.76 Å². The fourth-order valence-corrected chi connectivity index (χ4v) is 2.77. The average Bonchev–Trinajstić information content (AvgIpc) is 2.57. The van der Waals surface area contributed by atoms with Gasteiger partial charge in [-0.25, -0.2) is 17.2 Å². The lowest BCUT2D eigenvalue weighted by atomic mass is 10.1. The predicted molar refractivity (Wildman–Crippen MR) is 81.9 cm³/mol. The molecule has 4 nitrogen and oxygen atoms in total. The van der Waals surface area contributed by atoms with Crippen molar-refractivity contribution in [1.29, 1.82) is 0 Å². The summed E-state index contributed by atoms with van der Waals surface area (Å²) in [6.45, 7) is 1.54. The van der Waals surface area contributed by atoms with Gasteiger partial charge in [-0.2, -0.15) is 8.78 Å². The second kappa shape index (κ2) is 7.22. The molecule has 0 saturated carbocycles. The number of carbonyl (C=O) groups is 1. The zero-order valence-electron chi connectivity index (χ0n) is 12.8. The van der Waals surface area contributed by atoms with E-state index in [-0.39, 0.29) is 5.56 Å². The minimum absolute atomic E-state index is 0.0302. The summed E-state index contributed by atoms with van der Waals surface area (Å²) in [4.78, 5) is 11.5. The van der Waals surface area contributed by atoms with Crippen molar-refractivity contribution >= 4 is 15.7 Å². The van der Waals surface area contributed by atoms with Crippen LogP contribution < -0.4 is 5.32 Å². The van der Waals surface area contributed by atoms with Crippen molar-refractivity contribution in [2.75, 3.05) is 0 Å². The molecular weight excluding hydrogens is 362 g/mol. The third kappa shape index (κ3) is 4.16. The van der Waals surface area contributed by atoms with E-state index in [1.165, 1.54) is 6.07 Å². The summed E-state index contributed by atoms with van der Waals surface area (Å²) in [6.07, 6.45) is 0. The zero-order chi connectivity index (χ0) is 18.8. The van der Waals surface area contributed by atoms with Crippen LogP contribution in [0.4, 0.5) is 17.6 Å². The summed E-state index contributed by atoms with van der Waals surface area (Å²) in [5.41, 5.74) is 0.354. The van der Waals surface area contributed by atoms with Crippen molar-refractivity contribution in [2.45, 2.75) is 23.6 Å². The molecule has 0 spiro atoms. The number of sulfone groups is 1. The smallest absolute Gasteiger partial charge is 0.341 e. The van der Waals surface area contributed by atoms with E-state index in [9.17, 15) is 30.8 Å². The van der Waals surface area contributed by atoms with Crippen LogP contribution in [-0.2, 0) is 9.84 Å². The predicted octanol–water partition coefficient (Wildman–Crippen LogP) is 3.45. The van der Waals surface area contributed by atoms with Crippen LogP contribution in [0.15, 0.2) is 47.4 Å². The van der Waals surface area contributed by atoms with Crippen LogP contribution in [0, 0.1) is 11.6 Å². The summed E-state index contributed by atoms with van der Waals surface area (Å²) < 4.78 is 73.7. The molecule has 0 heterocycles. The molecule has 0 fully saturated rings. The second-order valence-corrected chi connectivity index (χ2v) is 7.12. The molecule has 2 aromatic rings. The van der Waals surface area contributed by atoms with E-state index in [2.05, 4.69) is 5.32 Å². The van der Waals surface area contributed by atoms with Gasteiger partial charge in [-0.15, -0.1) is 0 Å². The molecule has 1 N–H and O–H groups in total. The first kappa shape index (κ1) is 18.9. The zero-order valence-corrected chi connectivity index (χ0v) is 13.7. The number of halogens is 4. The van der Waals surface area contributed by atoms with Gasteiger partial charge in [0.1, 0.15) is 0 Å². The molecule has 2 rings (SSSR count). The second-order valence-electron chi connectivity index (χ2n) is 5.20. The van der Waals surface area contributed by atoms with Crippen molar-refractivity contribution < 1.29 is 30.8 Å². The van der Waals surface area contributed by atoms with Crippen LogP contribution in [0.1, 0.15) is 28.9 Å². The molecule has 2 aromatic carbocycles. The molecular formula is C16H13F4NO3S. The first-order chi connectivity index (χ1) is 11.6. The van der Waals surface area contributed by atoms with Crippen molar-refractivity contribution in [3.05, 3.63) is 65.2 Å². The molecule has 0 aliphatic rings. The molecule has 1 atom stereocenters. The third-order valence-electron chi connectivity index (χ3n) is 3.47. The van der Waals surface area contributed by atoms with Crippen molar-refractivity contribution in [3.8, 4) is 0 Å². The van der Waals surface area contributed by atoms with Gasteiger partial charge in [0.2, 0.25) is 9.84 Å². The Morgan fingerprint density at radius 1 is 1.00 bits per heavy atom. The monoisotopic (exact) mass is 375 g/mol. The van der Waals surface area contributed by atoms with Crippen LogP contribution in [0.2, 0.25) is 0 Å². The number of alkyl halides is 2. The molecule has 0 aliphatic heterocycles. The van der Waals surface area contributed by atoms with E-state index in [1.807, 2.05) is 0 Å². The summed E-state index contributed by atoms with van der Waals surface area (Å²) >= 11 is 0. The maximum absolute atomic E-state index is 13.2. The Morgan fingerprint density at radius 2 is 1.60 bits per heavy atom. The van der Waals surface area contributed by atoms with E-state index < -0.39 is 44.1 Å². The van der Waals surface area contributed by atoms with E-state index in [4.69, 9.17) is 0 Å². The lowest BCUT2D eigenvalue weighted by Crippen LogP contribution is -2.26. The number of nitrogens with one attached hydrogen (secondary N) is 1. The Morgan fingerprint density at radius 3 is 2.12 bits per heavy atom. The first-order valence-electron chi connectivity index (χ1n) is 7.01. The summed E-state index contributed by atoms with van der Waals surface area (Å²) in [5.74, 6) is -6.25. The van der Waals surface area contributed by atoms with Crippen molar-refractivity contribution in [1.82, 2.24) is 5.32 Å². The fourth-order valence-electron chi connectivity index (χ4n) is 2.04. The van der Waals surface area contributed by atoms with Gasteiger partial charge < -0.3 is 5.32 Å². The Bertz CT molecular complexity index is 883. The first-order valence-corrected chi connectivity index (χ1v) is 8.55. The Balaban J connectivity index is 2.14. The maximum atomic E-state index is 13.2. The van der Waals surface area contributed by atoms with Crippen LogP contribution in [-0.4, -0.2) is 20.1 Å². The number of hydrogen-bond donors (Lipinski definition) is 1. The van der Waals surface area contributed by atoms with Crippen molar-refractivity contribution in [3.63, 3.8) is 0 Å². The number of benzene rings is 2. The van der Waals surface area contributed by atoms with Gasteiger partial charge in [0, 0.05) is 5.56 Å². The third-order valence-corrected chi connectivity index (χ3v) is 4.87. The van der Waals surface area contributed by atoms with E-state index >= 15 is 0 Å². The molecule has 0 bridgehead atoms. The number of carbonyl (C=O) groups excluding carboxylic acids is 1. The maximum Gasteiger partial charge on any atom is 0.341 e. The topological polar surface area (TPSA) is 63.2 Å². The van der Waals surface area contributed by atoms with Gasteiger partial charge in [-0.1, -0.05) is 6.07 Å². The Labute approximate surface area is 141 Å². The molecule has 134 valence electrons. The van der Waals surface area contributed by atoms with E-state index in [0.717, 1.165) is 36.4 Å². The van der Waals surface area contributed by atoms with E-state index in [0.29, 0.717) is 5.56 Å². The summed E-state index contributed by atoms with van der Waals surface area (Å²) in [7, 11) is -4.74. The highest BCUT2D eigenvalue weighted by atomic mass is 32.2. The molecule has 9 heteroatoms. The molecule has 1 unspecified atom stereocenters. The number of rotatable bonds is 5. The highest BCUT2D eigenvalue weighted by Crippen LogP contribution is 2.20. The van der Waals surface area contributed by atoms with Gasteiger partial charge in [0.25, 0.3) is 5.91 Å². The SMILES string of the molecule is CC(NC(=O)c1ccc(S(=O)(=O)C(F)F)cc1)c1ccc(F)c(F)c1. The Kier molecular flexibility index (Phi) is 5.46. The van der Waals surface area contributed by atoms with Crippen molar-refractivity contribution in [2.24, 2.45) is 0 Å². The molecule has 0 aliphatic carbocycles. The molecule has 0 aromatic heterocycles. The normalized spacial score (nSPS) is 12.9. The van der Waals surface area contributed by atoms with Gasteiger partial charge in [-0.05, 0) is 48.9 Å². The lowest BCUT2D eigenvalue weighted by molar-refractivity contribution is 0.0939. The summed E-state index contributed by atoms with van der Waals surface area (Å²) in [6, 6.07) is 6.49. The minimum atomic E-state index is -4.74. The largest absolute Gasteiger partial charge is 0.346 e. The van der Waals surface area contributed by atoms with E-state index in [1.54, 1.807) is 6.92 Å². The van der Waals surface area contributed by atoms with Crippen LogP contribution in [0.3, 0.4) is 0 Å². The van der Waals surface area contributed by atoms with Crippen LogP contribution in [0.25, 0.3) is 0 Å². The highest BCUT2D eigenvalue weighted by molar-refractivity contribution is 7.91. The quantitative estimate of drug-likeness (QED) is 0.815. The average molecular weight is 375 g/mol. The fraction of sp³-hybridized carbons (Fsp3) is 0.188. The summed E-state index contributed by atoms with van der Waals surface area (Å²) in [5, 5.41) is 2.51. The molecule has 25 heavy (non-hydrogen) atoms. The van der Waals surface area contributed by atoms with Gasteiger partial charge in [0.05, 0.1) is 10.9 Å². The molecule has 0 radical (unpaired) electrons. The Hall–Kier alpha value is -2.42. The molecule has 1 amide bonds. The van der Waals surface area contributed by atoms with Gasteiger partial charge in [-0.3, -0.25) is 4.79 Å². The standard InChI is InChI=1S/C16H13F4NO3S/c1-9(11-4-7-13(17)14(18)8-11)21-15(22)10-2-5-12(6-3-10)25(23,24)16(19)20/h2-9,16H,1H3,(H,21,22). The number of hydrogen-bond acceptors (Lipinski definition) is 3. The molecule has 0 saturated heterocycles.